The van der Waals surface area contributed by atoms with E-state index in [2.05, 4.69) is 5.32 Å². The van der Waals surface area contributed by atoms with Crippen LogP contribution in [0.2, 0.25) is 5.02 Å². The van der Waals surface area contributed by atoms with E-state index in [0.29, 0.717) is 10.7 Å². The number of aryl methyl sites for hydroxylation is 1. The van der Waals surface area contributed by atoms with E-state index in [1.165, 1.54) is 0 Å². The Labute approximate surface area is 115 Å². The Morgan fingerprint density at radius 3 is 2.53 bits per heavy atom. The number of imide groups is 1. The van der Waals surface area contributed by atoms with E-state index in [9.17, 15) is 14.4 Å². The Kier molecular flexibility index (Phi) is 3.85. The summed E-state index contributed by atoms with van der Waals surface area (Å²) in [7, 11) is 0. The van der Waals surface area contributed by atoms with Gasteiger partial charge in [-0.3, -0.25) is 19.3 Å². The summed E-state index contributed by atoms with van der Waals surface area (Å²) in [6, 6.07) is 5.12. The summed E-state index contributed by atoms with van der Waals surface area (Å²) in [6.07, 6.45) is 0.366. The van der Waals surface area contributed by atoms with Gasteiger partial charge < -0.3 is 5.32 Å². The summed E-state index contributed by atoms with van der Waals surface area (Å²) < 4.78 is 0. The first-order valence-corrected chi connectivity index (χ1v) is 6.24. The lowest BCUT2D eigenvalue weighted by atomic mass is 10.2. The van der Waals surface area contributed by atoms with E-state index in [1.54, 1.807) is 18.2 Å². The van der Waals surface area contributed by atoms with E-state index < -0.39 is 5.91 Å². The average molecular weight is 281 g/mol. The van der Waals surface area contributed by atoms with Gasteiger partial charge in [-0.2, -0.15) is 0 Å². The molecule has 1 heterocycles. The van der Waals surface area contributed by atoms with Gasteiger partial charge in [0.15, 0.2) is 0 Å². The summed E-state index contributed by atoms with van der Waals surface area (Å²) in [6.45, 7) is 1.61. The van der Waals surface area contributed by atoms with Gasteiger partial charge in [0.05, 0.1) is 0 Å². The molecule has 0 saturated carbocycles. The number of halogens is 1. The summed E-state index contributed by atoms with van der Waals surface area (Å²) in [5, 5.41) is 3.16. The maximum atomic E-state index is 11.8. The van der Waals surface area contributed by atoms with E-state index in [0.717, 1.165) is 10.5 Å². The molecule has 19 heavy (non-hydrogen) atoms. The van der Waals surface area contributed by atoms with Gasteiger partial charge in [-0.1, -0.05) is 17.7 Å². The highest BCUT2D eigenvalue weighted by molar-refractivity contribution is 6.31. The number of anilines is 1. The minimum atomic E-state index is -0.413. The van der Waals surface area contributed by atoms with Crippen LogP contribution in [0.4, 0.5) is 5.69 Å². The summed E-state index contributed by atoms with van der Waals surface area (Å²) in [5.41, 5.74) is 1.45. The van der Waals surface area contributed by atoms with Crippen LogP contribution >= 0.6 is 11.6 Å². The molecule has 1 saturated heterocycles. The molecule has 1 aromatic carbocycles. The molecule has 0 radical (unpaired) electrons. The van der Waals surface area contributed by atoms with Crippen molar-refractivity contribution in [2.24, 2.45) is 0 Å². The van der Waals surface area contributed by atoms with Crippen LogP contribution < -0.4 is 5.32 Å². The molecule has 3 amide bonds. The molecule has 1 aliphatic heterocycles. The smallest absolute Gasteiger partial charge is 0.244 e. The maximum Gasteiger partial charge on any atom is 0.244 e. The van der Waals surface area contributed by atoms with Crippen LogP contribution in [0.3, 0.4) is 0 Å². The van der Waals surface area contributed by atoms with Gasteiger partial charge in [-0.15, -0.1) is 0 Å². The first-order chi connectivity index (χ1) is 8.97. The fourth-order valence-corrected chi connectivity index (χ4v) is 1.99. The van der Waals surface area contributed by atoms with Crippen molar-refractivity contribution < 1.29 is 14.4 Å². The predicted octanol–water partition coefficient (Wildman–Crippen LogP) is 1.74. The Morgan fingerprint density at radius 2 is 1.95 bits per heavy atom. The van der Waals surface area contributed by atoms with Crippen molar-refractivity contribution in [2.45, 2.75) is 19.8 Å². The quantitative estimate of drug-likeness (QED) is 0.858. The molecule has 1 fully saturated rings. The monoisotopic (exact) mass is 280 g/mol. The molecule has 0 aliphatic carbocycles. The van der Waals surface area contributed by atoms with Crippen LogP contribution in [0.15, 0.2) is 18.2 Å². The lowest BCUT2D eigenvalue weighted by Crippen LogP contribution is -2.36. The minimum absolute atomic E-state index is 0.183. The molecule has 5 nitrogen and oxygen atoms in total. The highest BCUT2D eigenvalue weighted by atomic mass is 35.5. The van der Waals surface area contributed by atoms with Crippen LogP contribution in [0.1, 0.15) is 18.4 Å². The second-order valence-corrected chi connectivity index (χ2v) is 4.79. The fraction of sp³-hybridized carbons (Fsp3) is 0.308. The first-order valence-electron chi connectivity index (χ1n) is 5.86. The Hall–Kier alpha value is -1.88. The largest absolute Gasteiger partial charge is 0.324 e. The fourth-order valence-electron chi connectivity index (χ4n) is 1.81. The third kappa shape index (κ3) is 3.12. The van der Waals surface area contributed by atoms with Crippen LogP contribution in [-0.4, -0.2) is 29.2 Å². The van der Waals surface area contributed by atoms with Crippen LogP contribution in [0.5, 0.6) is 0 Å². The lowest BCUT2D eigenvalue weighted by molar-refractivity contribution is -0.141. The van der Waals surface area contributed by atoms with E-state index >= 15 is 0 Å². The van der Waals surface area contributed by atoms with Crippen LogP contribution in [0.25, 0.3) is 0 Å². The first kappa shape index (κ1) is 13.5. The number of hydrogen-bond donors (Lipinski definition) is 1. The van der Waals surface area contributed by atoms with Crippen molar-refractivity contribution in [3.8, 4) is 0 Å². The molecular weight excluding hydrogens is 268 g/mol. The number of amides is 3. The number of carbonyl (C=O) groups is 3. The number of hydrogen-bond acceptors (Lipinski definition) is 3. The molecule has 1 aromatic rings. The van der Waals surface area contributed by atoms with Crippen molar-refractivity contribution in [3.05, 3.63) is 28.8 Å². The molecule has 100 valence electrons. The molecule has 0 aromatic heterocycles. The molecule has 2 rings (SSSR count). The van der Waals surface area contributed by atoms with Crippen LogP contribution in [-0.2, 0) is 14.4 Å². The SMILES string of the molecule is Cc1ccc(NC(=O)CN2C(=O)CCC2=O)cc1Cl. The van der Waals surface area contributed by atoms with Crippen molar-refractivity contribution in [1.82, 2.24) is 4.90 Å². The zero-order valence-electron chi connectivity index (χ0n) is 10.4. The number of benzene rings is 1. The lowest BCUT2D eigenvalue weighted by Gasteiger charge is -2.13. The second-order valence-electron chi connectivity index (χ2n) is 4.39. The number of likely N-dealkylation sites (tertiary alicyclic amines) is 1. The maximum absolute atomic E-state index is 11.8. The number of nitrogens with one attached hydrogen (secondary N) is 1. The topological polar surface area (TPSA) is 66.5 Å². The number of carbonyl (C=O) groups excluding carboxylic acids is 3. The summed E-state index contributed by atoms with van der Waals surface area (Å²) in [4.78, 5) is 35.5. The van der Waals surface area contributed by atoms with Crippen molar-refractivity contribution in [2.75, 3.05) is 11.9 Å². The van der Waals surface area contributed by atoms with Crippen molar-refractivity contribution >= 4 is 35.0 Å². The van der Waals surface area contributed by atoms with Gasteiger partial charge in [0.25, 0.3) is 0 Å². The standard InChI is InChI=1S/C13H13ClN2O3/c1-8-2-3-9(6-10(8)14)15-11(17)7-16-12(18)4-5-13(16)19/h2-3,6H,4-5,7H2,1H3,(H,15,17). The third-order valence-electron chi connectivity index (χ3n) is 2.91. The van der Waals surface area contributed by atoms with E-state index in [4.69, 9.17) is 11.6 Å². The Bertz CT molecular complexity index is 541. The highest BCUT2D eigenvalue weighted by Crippen LogP contribution is 2.20. The summed E-state index contributed by atoms with van der Waals surface area (Å²) in [5.74, 6) is -1.02. The van der Waals surface area contributed by atoms with Gasteiger partial charge in [0.2, 0.25) is 17.7 Å². The summed E-state index contributed by atoms with van der Waals surface area (Å²) >= 11 is 5.94. The number of nitrogens with zero attached hydrogens (tertiary/aromatic N) is 1. The average Bonchev–Trinajstić information content (AvgIpc) is 2.66. The predicted molar refractivity (Wildman–Crippen MR) is 70.8 cm³/mol. The molecular formula is C13H13ClN2O3. The third-order valence-corrected chi connectivity index (χ3v) is 3.32. The van der Waals surface area contributed by atoms with Crippen molar-refractivity contribution in [3.63, 3.8) is 0 Å². The zero-order chi connectivity index (χ0) is 14.0. The molecule has 1 N–H and O–H groups in total. The molecule has 0 atom stereocenters. The molecule has 6 heteroatoms. The second kappa shape index (κ2) is 5.40. The Balaban J connectivity index is 1.99. The minimum Gasteiger partial charge on any atom is -0.324 e. The van der Waals surface area contributed by atoms with Gasteiger partial charge in [0, 0.05) is 23.6 Å². The van der Waals surface area contributed by atoms with Gasteiger partial charge in [0.1, 0.15) is 6.54 Å². The van der Waals surface area contributed by atoms with Gasteiger partial charge in [-0.05, 0) is 24.6 Å². The molecule has 0 unspecified atom stereocenters. The van der Waals surface area contributed by atoms with E-state index in [1.807, 2.05) is 6.92 Å². The Morgan fingerprint density at radius 1 is 1.32 bits per heavy atom. The van der Waals surface area contributed by atoms with Crippen LogP contribution in [0, 0.1) is 6.92 Å². The normalized spacial score (nSPS) is 14.9. The number of rotatable bonds is 3. The molecule has 1 aliphatic rings. The van der Waals surface area contributed by atoms with E-state index in [-0.39, 0.29) is 31.2 Å². The highest BCUT2D eigenvalue weighted by Gasteiger charge is 2.30. The van der Waals surface area contributed by atoms with Gasteiger partial charge >= 0.3 is 0 Å². The van der Waals surface area contributed by atoms with Gasteiger partial charge in [-0.25, -0.2) is 0 Å². The molecule has 0 bridgehead atoms. The molecule has 0 spiro atoms. The zero-order valence-corrected chi connectivity index (χ0v) is 11.2. The van der Waals surface area contributed by atoms with Crippen molar-refractivity contribution in [1.29, 1.82) is 0 Å².